The van der Waals surface area contributed by atoms with Gasteiger partial charge in [-0.1, -0.05) is 42.5 Å². The van der Waals surface area contributed by atoms with Gasteiger partial charge in [0.05, 0.1) is 11.1 Å². The molecule has 0 fully saturated rings. The van der Waals surface area contributed by atoms with Crippen molar-refractivity contribution in [3.63, 3.8) is 0 Å². The molecule has 0 spiro atoms. The minimum Gasteiger partial charge on any atom is -0.380 e. The van der Waals surface area contributed by atoms with Gasteiger partial charge in [-0.05, 0) is 11.6 Å². The van der Waals surface area contributed by atoms with Gasteiger partial charge in [0.25, 0.3) is 0 Å². The summed E-state index contributed by atoms with van der Waals surface area (Å²) < 4.78 is 0. The van der Waals surface area contributed by atoms with E-state index in [1.54, 1.807) is 0 Å². The third kappa shape index (κ3) is 2.58. The van der Waals surface area contributed by atoms with E-state index in [2.05, 4.69) is 71.8 Å². The molecule has 3 rings (SSSR count). The van der Waals surface area contributed by atoms with Gasteiger partial charge in [0.15, 0.2) is 5.69 Å². The van der Waals surface area contributed by atoms with Crippen LogP contribution >= 0.6 is 0 Å². The molecule has 0 saturated carbocycles. The quantitative estimate of drug-likeness (QED) is 0.754. The van der Waals surface area contributed by atoms with Gasteiger partial charge in [0.2, 0.25) is 5.52 Å². The van der Waals surface area contributed by atoms with Gasteiger partial charge >= 0.3 is 0 Å². The second-order valence-electron chi connectivity index (χ2n) is 4.75. The number of anilines is 1. The van der Waals surface area contributed by atoms with E-state index in [1.165, 1.54) is 16.6 Å². The van der Waals surface area contributed by atoms with Crippen molar-refractivity contribution in [2.45, 2.75) is 13.5 Å². The molecular weight excluding hydrogens is 232 g/mol. The maximum atomic E-state index is 3.52. The Morgan fingerprint density at radius 3 is 2.53 bits per heavy atom. The van der Waals surface area contributed by atoms with Crippen molar-refractivity contribution >= 4 is 16.6 Å². The number of fused-ring (bicyclic) bond motifs is 1. The Balaban J connectivity index is 1.92. The molecule has 19 heavy (non-hydrogen) atoms. The number of aromatic amines is 1. The molecule has 2 nitrogen and oxygen atoms in total. The number of nitrogens with one attached hydrogen (secondary N) is 2. The predicted octanol–water partition coefficient (Wildman–Crippen LogP) is 3.57. The predicted molar refractivity (Wildman–Crippen MR) is 79.0 cm³/mol. The van der Waals surface area contributed by atoms with E-state index in [1.807, 2.05) is 6.07 Å². The van der Waals surface area contributed by atoms with Gasteiger partial charge < -0.3 is 5.32 Å². The summed E-state index contributed by atoms with van der Waals surface area (Å²) in [6, 6.07) is 21.0. The van der Waals surface area contributed by atoms with E-state index < -0.39 is 0 Å². The molecule has 1 aromatic heterocycles. The van der Waals surface area contributed by atoms with Crippen LogP contribution in [0.2, 0.25) is 0 Å². The topological polar surface area (TPSA) is 26.2 Å². The fraction of sp³-hybridized carbons (Fsp3) is 0.118. The maximum absolute atomic E-state index is 3.52. The number of H-pyrrole nitrogens is 1. The number of rotatable bonds is 3. The first kappa shape index (κ1) is 11.7. The Morgan fingerprint density at radius 1 is 0.947 bits per heavy atom. The van der Waals surface area contributed by atoms with E-state index in [-0.39, 0.29) is 0 Å². The Labute approximate surface area is 113 Å². The third-order valence-corrected chi connectivity index (χ3v) is 3.24. The van der Waals surface area contributed by atoms with E-state index in [0.717, 1.165) is 17.8 Å². The summed E-state index contributed by atoms with van der Waals surface area (Å²) in [5.74, 6) is 0. The number of aryl methyl sites for hydroxylation is 1. The van der Waals surface area contributed by atoms with E-state index in [9.17, 15) is 0 Å². The fourth-order valence-corrected chi connectivity index (χ4v) is 2.31. The monoisotopic (exact) mass is 249 g/mol. The fourth-order valence-electron chi connectivity index (χ4n) is 2.31. The van der Waals surface area contributed by atoms with Crippen LogP contribution in [0.5, 0.6) is 0 Å². The molecule has 0 aliphatic carbocycles. The highest BCUT2D eigenvalue weighted by Crippen LogP contribution is 2.21. The molecule has 0 bridgehead atoms. The van der Waals surface area contributed by atoms with Crippen LogP contribution < -0.4 is 10.3 Å². The van der Waals surface area contributed by atoms with Crippen molar-refractivity contribution in [1.82, 2.24) is 0 Å². The smallest absolute Gasteiger partial charge is 0.213 e. The Hall–Kier alpha value is -2.35. The molecular formula is C17H17N2+. The summed E-state index contributed by atoms with van der Waals surface area (Å²) in [4.78, 5) is 3.39. The zero-order valence-corrected chi connectivity index (χ0v) is 11.0. The van der Waals surface area contributed by atoms with Crippen LogP contribution in [0.15, 0.2) is 60.7 Å². The van der Waals surface area contributed by atoms with Gasteiger partial charge in [0.1, 0.15) is 0 Å². The van der Waals surface area contributed by atoms with Crippen molar-refractivity contribution in [2.75, 3.05) is 5.32 Å². The van der Waals surface area contributed by atoms with Gasteiger partial charge in [0, 0.05) is 25.6 Å². The summed E-state index contributed by atoms with van der Waals surface area (Å²) >= 11 is 0. The maximum Gasteiger partial charge on any atom is 0.213 e. The lowest BCUT2D eigenvalue weighted by Gasteiger charge is -2.08. The lowest BCUT2D eigenvalue weighted by Crippen LogP contribution is -2.10. The summed E-state index contributed by atoms with van der Waals surface area (Å²) in [7, 11) is 0. The lowest BCUT2D eigenvalue weighted by atomic mass is 10.1. The van der Waals surface area contributed by atoms with Gasteiger partial charge in [-0.2, -0.15) is 0 Å². The van der Waals surface area contributed by atoms with Crippen molar-refractivity contribution in [3.8, 4) is 0 Å². The van der Waals surface area contributed by atoms with E-state index in [4.69, 9.17) is 0 Å². The molecule has 0 aliphatic rings. The van der Waals surface area contributed by atoms with Gasteiger partial charge in [-0.3, -0.25) is 0 Å². The summed E-state index contributed by atoms with van der Waals surface area (Å²) in [5.41, 5.74) is 4.79. The standard InChI is InChI=1S/C17H16N2/c1-13-11-17(15-9-5-6-10-16(15)19-13)18-12-14-7-3-2-4-8-14/h2-11H,12H2,1H3,(H,18,19)/p+1. The second-order valence-corrected chi connectivity index (χ2v) is 4.75. The molecule has 0 saturated heterocycles. The van der Waals surface area contributed by atoms with Crippen molar-refractivity contribution < 1.29 is 4.98 Å². The van der Waals surface area contributed by atoms with Crippen LogP contribution in [0.4, 0.5) is 5.69 Å². The van der Waals surface area contributed by atoms with Crippen molar-refractivity contribution in [2.24, 2.45) is 0 Å². The van der Waals surface area contributed by atoms with Gasteiger partial charge in [-0.25, -0.2) is 4.98 Å². The highest BCUT2D eigenvalue weighted by molar-refractivity contribution is 5.89. The SMILES string of the molecule is Cc1cc(NCc2ccccc2)c2ccccc2[nH+]1. The molecule has 0 atom stereocenters. The first-order chi connectivity index (χ1) is 9.33. The molecule has 2 aromatic carbocycles. The second kappa shape index (κ2) is 5.11. The first-order valence-electron chi connectivity index (χ1n) is 6.52. The lowest BCUT2D eigenvalue weighted by molar-refractivity contribution is -0.354. The molecule has 0 amide bonds. The van der Waals surface area contributed by atoms with Crippen molar-refractivity contribution in [3.05, 3.63) is 71.9 Å². The highest BCUT2D eigenvalue weighted by atomic mass is 14.9. The van der Waals surface area contributed by atoms with Crippen LogP contribution in [0, 0.1) is 6.92 Å². The van der Waals surface area contributed by atoms with E-state index in [0.29, 0.717) is 0 Å². The van der Waals surface area contributed by atoms with Crippen LogP contribution in [0.1, 0.15) is 11.3 Å². The summed E-state index contributed by atoms with van der Waals surface area (Å²) in [5, 5.41) is 4.75. The normalized spacial score (nSPS) is 10.6. The molecule has 94 valence electrons. The Bertz CT molecular complexity index is 690. The zero-order valence-electron chi connectivity index (χ0n) is 11.0. The summed E-state index contributed by atoms with van der Waals surface area (Å²) in [6.45, 7) is 2.93. The molecule has 0 unspecified atom stereocenters. The average molecular weight is 249 g/mol. The highest BCUT2D eigenvalue weighted by Gasteiger charge is 2.07. The number of para-hydroxylation sites is 1. The molecule has 2 heteroatoms. The van der Waals surface area contributed by atoms with Crippen molar-refractivity contribution in [1.29, 1.82) is 0 Å². The number of hydrogen-bond acceptors (Lipinski definition) is 1. The number of hydrogen-bond donors (Lipinski definition) is 1. The number of benzene rings is 2. The van der Waals surface area contributed by atoms with Crippen LogP contribution in [0.3, 0.4) is 0 Å². The molecule has 3 aromatic rings. The Kier molecular flexibility index (Phi) is 3.15. The largest absolute Gasteiger partial charge is 0.380 e. The third-order valence-electron chi connectivity index (χ3n) is 3.24. The first-order valence-corrected chi connectivity index (χ1v) is 6.52. The minimum atomic E-state index is 0.842. The van der Waals surface area contributed by atoms with Crippen LogP contribution in [-0.4, -0.2) is 0 Å². The molecule has 1 heterocycles. The molecule has 0 aliphatic heterocycles. The number of pyridine rings is 1. The zero-order chi connectivity index (χ0) is 13.1. The number of aromatic nitrogens is 1. The van der Waals surface area contributed by atoms with Crippen LogP contribution in [-0.2, 0) is 6.54 Å². The molecule has 0 radical (unpaired) electrons. The van der Waals surface area contributed by atoms with Gasteiger partial charge in [-0.15, -0.1) is 0 Å². The van der Waals surface area contributed by atoms with E-state index >= 15 is 0 Å². The minimum absolute atomic E-state index is 0.842. The molecule has 2 N–H and O–H groups in total. The van der Waals surface area contributed by atoms with Crippen LogP contribution in [0.25, 0.3) is 10.9 Å². The summed E-state index contributed by atoms with van der Waals surface area (Å²) in [6.07, 6.45) is 0. The Morgan fingerprint density at radius 2 is 1.68 bits per heavy atom. The average Bonchev–Trinajstić information content (AvgIpc) is 2.45.